The Morgan fingerprint density at radius 3 is 3.06 bits per heavy atom. The third kappa shape index (κ3) is 2.84. The van der Waals surface area contributed by atoms with Gasteiger partial charge in [-0.2, -0.15) is 5.26 Å². The van der Waals surface area contributed by atoms with E-state index in [-0.39, 0.29) is 0 Å². The molecule has 1 N–H and O–H groups in total. The average Bonchev–Trinajstić information content (AvgIpc) is 2.40. The first-order chi connectivity index (χ1) is 8.83. The smallest absolute Gasteiger partial charge is 0.163 e. The van der Waals surface area contributed by atoms with Gasteiger partial charge in [-0.05, 0) is 30.8 Å². The Kier molecular flexibility index (Phi) is 3.90. The number of pyridine rings is 1. The maximum Gasteiger partial charge on any atom is 0.163 e. The van der Waals surface area contributed by atoms with E-state index in [4.69, 9.17) is 10.00 Å². The second-order valence-corrected chi connectivity index (χ2v) is 3.76. The number of nitrogens with one attached hydrogen (secondary N) is 1. The Bertz CT molecular complexity index is 575. The van der Waals surface area contributed by atoms with E-state index in [0.29, 0.717) is 17.1 Å². The fraction of sp³-hybridized carbons (Fsp3) is 0.143. The lowest BCUT2D eigenvalue weighted by Crippen LogP contribution is -2.04. The molecule has 0 aliphatic carbocycles. The molecule has 0 aliphatic heterocycles. The molecule has 0 saturated carbocycles. The minimum atomic E-state index is 0.474. The molecule has 0 aliphatic rings. The number of benzene rings is 1. The maximum absolute atomic E-state index is 8.97. The van der Waals surface area contributed by atoms with Gasteiger partial charge >= 0.3 is 0 Å². The van der Waals surface area contributed by atoms with E-state index < -0.39 is 0 Å². The fourth-order valence-electron chi connectivity index (χ4n) is 1.60. The molecule has 0 bridgehead atoms. The fourth-order valence-corrected chi connectivity index (χ4v) is 1.60. The summed E-state index contributed by atoms with van der Waals surface area (Å²) in [6.45, 7) is 0.773. The molecule has 2 rings (SSSR count). The quantitative estimate of drug-likeness (QED) is 0.890. The first-order valence-corrected chi connectivity index (χ1v) is 5.59. The lowest BCUT2D eigenvalue weighted by atomic mass is 10.2. The Hall–Kier alpha value is -2.38. The third-order valence-corrected chi connectivity index (χ3v) is 2.41. The highest BCUT2D eigenvalue weighted by Gasteiger charge is 2.04. The number of hydrogen-bond donors (Lipinski definition) is 1. The van der Waals surface area contributed by atoms with Gasteiger partial charge < -0.3 is 10.1 Å². The highest BCUT2D eigenvalue weighted by Crippen LogP contribution is 2.24. The molecular formula is C14H13N3O. The first kappa shape index (κ1) is 12.1. The summed E-state index contributed by atoms with van der Waals surface area (Å²) in [5, 5.41) is 12.0. The number of nitrogens with zero attached hydrogens (tertiary/aromatic N) is 2. The molecule has 4 heteroatoms. The molecule has 0 saturated heterocycles. The molecule has 1 heterocycles. The van der Waals surface area contributed by atoms with Crippen molar-refractivity contribution in [1.82, 2.24) is 10.3 Å². The van der Waals surface area contributed by atoms with Crippen LogP contribution in [0.3, 0.4) is 0 Å². The topological polar surface area (TPSA) is 57.9 Å². The van der Waals surface area contributed by atoms with Crippen molar-refractivity contribution in [3.8, 4) is 17.6 Å². The van der Waals surface area contributed by atoms with Crippen molar-refractivity contribution in [1.29, 1.82) is 5.26 Å². The van der Waals surface area contributed by atoms with Crippen molar-refractivity contribution in [2.75, 3.05) is 7.05 Å². The lowest BCUT2D eigenvalue weighted by molar-refractivity contribution is 0.478. The van der Waals surface area contributed by atoms with Crippen LogP contribution in [0.2, 0.25) is 0 Å². The molecule has 0 amide bonds. The molecule has 90 valence electrons. The van der Waals surface area contributed by atoms with Crippen LogP contribution in [0.4, 0.5) is 0 Å². The van der Waals surface area contributed by atoms with Crippen molar-refractivity contribution < 1.29 is 4.74 Å². The highest BCUT2D eigenvalue weighted by molar-refractivity contribution is 5.43. The molecule has 0 unspecified atom stereocenters. The molecule has 1 aromatic carbocycles. The minimum Gasteiger partial charge on any atom is -0.454 e. The van der Waals surface area contributed by atoms with Gasteiger partial charge in [-0.3, -0.25) is 4.98 Å². The van der Waals surface area contributed by atoms with Gasteiger partial charge in [0.2, 0.25) is 0 Å². The lowest BCUT2D eigenvalue weighted by Gasteiger charge is -2.08. The van der Waals surface area contributed by atoms with Crippen molar-refractivity contribution in [2.24, 2.45) is 0 Å². The summed E-state index contributed by atoms with van der Waals surface area (Å²) >= 11 is 0. The van der Waals surface area contributed by atoms with Crippen LogP contribution in [0.1, 0.15) is 11.1 Å². The van der Waals surface area contributed by atoms with Crippen LogP contribution in [0.25, 0.3) is 0 Å². The molecule has 0 fully saturated rings. The summed E-state index contributed by atoms with van der Waals surface area (Å²) in [6.07, 6.45) is 3.12. The Labute approximate surface area is 106 Å². The van der Waals surface area contributed by atoms with Crippen molar-refractivity contribution >= 4 is 0 Å². The van der Waals surface area contributed by atoms with Gasteiger partial charge in [-0.1, -0.05) is 12.1 Å². The first-order valence-electron chi connectivity index (χ1n) is 5.59. The van der Waals surface area contributed by atoms with E-state index in [2.05, 4.69) is 16.4 Å². The summed E-state index contributed by atoms with van der Waals surface area (Å²) in [4.78, 5) is 3.96. The van der Waals surface area contributed by atoms with Gasteiger partial charge in [0.1, 0.15) is 11.8 Å². The Morgan fingerprint density at radius 1 is 1.39 bits per heavy atom. The van der Waals surface area contributed by atoms with E-state index in [1.54, 1.807) is 18.5 Å². The predicted octanol–water partition coefficient (Wildman–Crippen LogP) is 2.46. The Balaban J connectivity index is 2.23. The summed E-state index contributed by atoms with van der Waals surface area (Å²) in [6, 6.07) is 11.4. The zero-order chi connectivity index (χ0) is 12.8. The van der Waals surface area contributed by atoms with Crippen LogP contribution in [0, 0.1) is 11.3 Å². The van der Waals surface area contributed by atoms with Crippen LogP contribution in [-0.4, -0.2) is 12.0 Å². The Morgan fingerprint density at radius 2 is 2.28 bits per heavy atom. The zero-order valence-corrected chi connectivity index (χ0v) is 10.1. The van der Waals surface area contributed by atoms with E-state index in [0.717, 1.165) is 12.1 Å². The second-order valence-electron chi connectivity index (χ2n) is 3.76. The third-order valence-electron chi connectivity index (χ3n) is 2.41. The summed E-state index contributed by atoms with van der Waals surface area (Å²) in [5.74, 6) is 1.17. The molecule has 0 atom stereocenters. The molecule has 0 spiro atoms. The average molecular weight is 239 g/mol. The van der Waals surface area contributed by atoms with E-state index in [9.17, 15) is 0 Å². The van der Waals surface area contributed by atoms with Gasteiger partial charge in [0.15, 0.2) is 5.75 Å². The van der Waals surface area contributed by atoms with Gasteiger partial charge in [0.25, 0.3) is 0 Å². The normalized spacial score (nSPS) is 9.78. The van der Waals surface area contributed by atoms with E-state index in [1.165, 1.54) is 0 Å². The largest absolute Gasteiger partial charge is 0.454 e. The van der Waals surface area contributed by atoms with Gasteiger partial charge in [0.05, 0.1) is 11.8 Å². The van der Waals surface area contributed by atoms with Crippen LogP contribution >= 0.6 is 0 Å². The van der Waals surface area contributed by atoms with Crippen LogP contribution in [-0.2, 0) is 6.54 Å². The van der Waals surface area contributed by atoms with Crippen LogP contribution in [0.5, 0.6) is 11.5 Å². The molecule has 1 aromatic heterocycles. The summed E-state index contributed by atoms with van der Waals surface area (Å²) in [5.41, 5.74) is 1.60. The van der Waals surface area contributed by atoms with Crippen molar-refractivity contribution in [3.63, 3.8) is 0 Å². The SMILES string of the molecule is CNCc1cccc(Oc2cnccc2C#N)c1. The predicted molar refractivity (Wildman–Crippen MR) is 68.2 cm³/mol. The zero-order valence-electron chi connectivity index (χ0n) is 10.1. The molecule has 2 aromatic rings. The monoisotopic (exact) mass is 239 g/mol. The molecular weight excluding hydrogens is 226 g/mol. The van der Waals surface area contributed by atoms with E-state index in [1.807, 2.05) is 31.3 Å². The van der Waals surface area contributed by atoms with E-state index >= 15 is 0 Å². The van der Waals surface area contributed by atoms with Gasteiger partial charge in [-0.25, -0.2) is 0 Å². The molecule has 4 nitrogen and oxygen atoms in total. The summed E-state index contributed by atoms with van der Waals surface area (Å²) < 4.78 is 5.67. The standard InChI is InChI=1S/C14H13N3O/c1-16-9-11-3-2-4-13(7-11)18-14-10-17-6-5-12(14)8-15/h2-7,10,16H,9H2,1H3. The number of aromatic nitrogens is 1. The second kappa shape index (κ2) is 5.80. The number of nitriles is 1. The summed E-state index contributed by atoms with van der Waals surface area (Å²) in [7, 11) is 1.89. The van der Waals surface area contributed by atoms with Crippen LogP contribution < -0.4 is 10.1 Å². The minimum absolute atomic E-state index is 0.474. The van der Waals surface area contributed by atoms with Crippen LogP contribution in [0.15, 0.2) is 42.7 Å². The van der Waals surface area contributed by atoms with Crippen molar-refractivity contribution in [3.05, 3.63) is 53.9 Å². The number of rotatable bonds is 4. The highest BCUT2D eigenvalue weighted by atomic mass is 16.5. The maximum atomic E-state index is 8.97. The number of hydrogen-bond acceptors (Lipinski definition) is 4. The molecule has 0 radical (unpaired) electrons. The molecule has 18 heavy (non-hydrogen) atoms. The van der Waals surface area contributed by atoms with Gasteiger partial charge in [0, 0.05) is 12.7 Å². The number of ether oxygens (including phenoxy) is 1. The van der Waals surface area contributed by atoms with Crippen molar-refractivity contribution in [2.45, 2.75) is 6.54 Å². The van der Waals surface area contributed by atoms with Gasteiger partial charge in [-0.15, -0.1) is 0 Å².